The van der Waals surface area contributed by atoms with Gasteiger partial charge in [0.25, 0.3) is 0 Å². The van der Waals surface area contributed by atoms with Gasteiger partial charge in [-0.25, -0.2) is 0 Å². The third-order valence-corrected chi connectivity index (χ3v) is 2.47. The van der Waals surface area contributed by atoms with E-state index in [9.17, 15) is 0 Å². The van der Waals surface area contributed by atoms with E-state index < -0.39 is 0 Å². The highest BCUT2D eigenvalue weighted by Gasteiger charge is 2.05. The van der Waals surface area contributed by atoms with Gasteiger partial charge >= 0.3 is 0 Å². The van der Waals surface area contributed by atoms with Gasteiger partial charge in [-0.3, -0.25) is 4.98 Å². The zero-order valence-electron chi connectivity index (χ0n) is 10.3. The van der Waals surface area contributed by atoms with Gasteiger partial charge in [-0.1, -0.05) is 6.07 Å². The van der Waals surface area contributed by atoms with Gasteiger partial charge in [0, 0.05) is 32.0 Å². The second-order valence-corrected chi connectivity index (χ2v) is 3.98. The molecule has 1 heterocycles. The Bertz CT molecular complexity index is 588. The predicted octanol–water partition coefficient (Wildman–Crippen LogP) is 2.81. The molecule has 0 atom stereocenters. The molecule has 0 amide bonds. The fourth-order valence-electron chi connectivity index (χ4n) is 1.51. The molecule has 90 valence electrons. The number of ether oxygens (including phenoxy) is 1. The Morgan fingerprint density at radius 3 is 2.83 bits per heavy atom. The zero-order chi connectivity index (χ0) is 13.0. The van der Waals surface area contributed by atoms with E-state index in [-0.39, 0.29) is 0 Å². The van der Waals surface area contributed by atoms with Crippen LogP contribution in [0.3, 0.4) is 0 Å². The van der Waals surface area contributed by atoms with Crippen LogP contribution in [-0.4, -0.2) is 19.1 Å². The van der Waals surface area contributed by atoms with Crippen LogP contribution in [0.2, 0.25) is 0 Å². The lowest BCUT2D eigenvalue weighted by Crippen LogP contribution is -2.08. The Hall–Kier alpha value is -2.54. The zero-order valence-corrected chi connectivity index (χ0v) is 10.3. The average molecular weight is 239 g/mol. The molecule has 0 spiro atoms. The number of rotatable bonds is 3. The Kier molecular flexibility index (Phi) is 3.44. The van der Waals surface area contributed by atoms with Crippen molar-refractivity contribution in [1.29, 1.82) is 5.26 Å². The number of aromatic nitrogens is 1. The van der Waals surface area contributed by atoms with Gasteiger partial charge in [0.15, 0.2) is 5.75 Å². The number of hydrogen-bond acceptors (Lipinski definition) is 4. The minimum Gasteiger partial charge on any atom is -0.454 e. The lowest BCUT2D eigenvalue weighted by molar-refractivity contribution is 0.478. The first-order chi connectivity index (χ1) is 8.70. The smallest absolute Gasteiger partial charge is 0.163 e. The number of benzene rings is 1. The summed E-state index contributed by atoms with van der Waals surface area (Å²) in [6.07, 6.45) is 3.11. The molecule has 0 N–H and O–H groups in total. The van der Waals surface area contributed by atoms with Crippen molar-refractivity contribution in [2.24, 2.45) is 0 Å². The minimum absolute atomic E-state index is 0.468. The summed E-state index contributed by atoms with van der Waals surface area (Å²) in [5, 5.41) is 8.97. The van der Waals surface area contributed by atoms with E-state index in [1.165, 1.54) is 0 Å². The summed E-state index contributed by atoms with van der Waals surface area (Å²) in [6, 6.07) is 11.4. The van der Waals surface area contributed by atoms with Crippen LogP contribution < -0.4 is 9.64 Å². The van der Waals surface area contributed by atoms with Crippen LogP contribution in [0.1, 0.15) is 5.56 Å². The lowest BCUT2D eigenvalue weighted by Gasteiger charge is -2.14. The molecule has 0 saturated heterocycles. The van der Waals surface area contributed by atoms with Crippen LogP contribution in [-0.2, 0) is 0 Å². The van der Waals surface area contributed by atoms with E-state index in [4.69, 9.17) is 10.00 Å². The molecule has 0 fully saturated rings. The second-order valence-electron chi connectivity index (χ2n) is 3.98. The van der Waals surface area contributed by atoms with Crippen molar-refractivity contribution in [3.63, 3.8) is 0 Å². The molecule has 4 nitrogen and oxygen atoms in total. The van der Waals surface area contributed by atoms with Gasteiger partial charge in [0.05, 0.1) is 11.8 Å². The number of pyridine rings is 1. The van der Waals surface area contributed by atoms with Crippen LogP contribution in [0.5, 0.6) is 11.5 Å². The molecule has 1 aromatic carbocycles. The summed E-state index contributed by atoms with van der Waals surface area (Å²) in [4.78, 5) is 5.95. The molecule has 0 bridgehead atoms. The number of nitriles is 1. The molecular formula is C14H13N3O. The van der Waals surface area contributed by atoms with E-state index in [0.29, 0.717) is 17.1 Å². The summed E-state index contributed by atoms with van der Waals surface area (Å²) in [7, 11) is 3.92. The molecule has 1 aromatic heterocycles. The Morgan fingerprint density at radius 1 is 1.28 bits per heavy atom. The third-order valence-electron chi connectivity index (χ3n) is 2.47. The van der Waals surface area contributed by atoms with Gasteiger partial charge in [-0.2, -0.15) is 5.26 Å². The maximum atomic E-state index is 8.97. The normalized spacial score (nSPS) is 9.61. The maximum absolute atomic E-state index is 8.97. The maximum Gasteiger partial charge on any atom is 0.163 e. The highest BCUT2D eigenvalue weighted by Crippen LogP contribution is 2.26. The van der Waals surface area contributed by atoms with E-state index in [2.05, 4.69) is 11.1 Å². The number of hydrogen-bond donors (Lipinski definition) is 0. The first kappa shape index (κ1) is 11.9. The molecule has 2 rings (SSSR count). The lowest BCUT2D eigenvalue weighted by atomic mass is 10.2. The molecule has 0 radical (unpaired) electrons. The van der Waals surface area contributed by atoms with E-state index in [1.54, 1.807) is 18.5 Å². The summed E-state index contributed by atoms with van der Waals surface area (Å²) in [5.74, 6) is 1.15. The largest absolute Gasteiger partial charge is 0.454 e. The van der Waals surface area contributed by atoms with E-state index >= 15 is 0 Å². The molecule has 0 aliphatic rings. The molecule has 0 aliphatic carbocycles. The van der Waals surface area contributed by atoms with Crippen molar-refractivity contribution in [1.82, 2.24) is 4.98 Å². The van der Waals surface area contributed by atoms with Gasteiger partial charge in [0.2, 0.25) is 0 Å². The molecule has 18 heavy (non-hydrogen) atoms. The number of nitrogens with zero attached hydrogens (tertiary/aromatic N) is 3. The third kappa shape index (κ3) is 2.58. The predicted molar refractivity (Wildman–Crippen MR) is 69.8 cm³/mol. The molecule has 4 heteroatoms. The van der Waals surface area contributed by atoms with Crippen molar-refractivity contribution < 1.29 is 4.74 Å². The van der Waals surface area contributed by atoms with E-state index in [1.807, 2.05) is 43.3 Å². The summed E-state index contributed by atoms with van der Waals surface area (Å²) in [5.41, 5.74) is 1.51. The van der Waals surface area contributed by atoms with Crippen LogP contribution in [0.25, 0.3) is 0 Å². The van der Waals surface area contributed by atoms with Crippen LogP contribution in [0, 0.1) is 11.3 Å². The summed E-state index contributed by atoms with van der Waals surface area (Å²) < 4.78 is 5.68. The first-order valence-electron chi connectivity index (χ1n) is 5.50. The Morgan fingerprint density at radius 2 is 2.11 bits per heavy atom. The molecular weight excluding hydrogens is 226 g/mol. The van der Waals surface area contributed by atoms with Crippen molar-refractivity contribution in [3.05, 3.63) is 48.3 Å². The van der Waals surface area contributed by atoms with Gasteiger partial charge < -0.3 is 9.64 Å². The standard InChI is InChI=1S/C14H13N3O/c1-17(2)12-4-3-5-13(8-12)18-14-10-16-7-6-11(14)9-15/h3-8,10H,1-2H3. The fraction of sp³-hybridized carbons (Fsp3) is 0.143. The SMILES string of the molecule is CN(C)c1cccc(Oc2cnccc2C#N)c1. The first-order valence-corrected chi connectivity index (χ1v) is 5.50. The van der Waals surface area contributed by atoms with Crippen molar-refractivity contribution in [2.45, 2.75) is 0 Å². The highest BCUT2D eigenvalue weighted by molar-refractivity contribution is 5.51. The Balaban J connectivity index is 2.29. The van der Waals surface area contributed by atoms with Crippen molar-refractivity contribution in [3.8, 4) is 17.6 Å². The Labute approximate surface area is 106 Å². The van der Waals surface area contributed by atoms with Crippen LogP contribution >= 0.6 is 0 Å². The quantitative estimate of drug-likeness (QED) is 0.826. The van der Waals surface area contributed by atoms with Crippen molar-refractivity contribution >= 4 is 5.69 Å². The fourth-order valence-corrected chi connectivity index (χ4v) is 1.51. The summed E-state index contributed by atoms with van der Waals surface area (Å²) in [6.45, 7) is 0. The molecule has 0 aliphatic heterocycles. The number of anilines is 1. The van der Waals surface area contributed by atoms with Gasteiger partial charge in [-0.05, 0) is 18.2 Å². The molecule has 0 unspecified atom stereocenters. The average Bonchev–Trinajstić information content (AvgIpc) is 2.39. The topological polar surface area (TPSA) is 49.1 Å². The van der Waals surface area contributed by atoms with Crippen LogP contribution in [0.4, 0.5) is 5.69 Å². The van der Waals surface area contributed by atoms with Crippen molar-refractivity contribution in [2.75, 3.05) is 19.0 Å². The highest BCUT2D eigenvalue weighted by atomic mass is 16.5. The molecule has 0 saturated carbocycles. The molecule has 2 aromatic rings. The van der Waals surface area contributed by atoms with Crippen LogP contribution in [0.15, 0.2) is 42.7 Å². The van der Waals surface area contributed by atoms with Gasteiger partial charge in [-0.15, -0.1) is 0 Å². The van der Waals surface area contributed by atoms with Gasteiger partial charge in [0.1, 0.15) is 11.8 Å². The van der Waals surface area contributed by atoms with E-state index in [0.717, 1.165) is 5.69 Å². The second kappa shape index (κ2) is 5.19. The minimum atomic E-state index is 0.468. The summed E-state index contributed by atoms with van der Waals surface area (Å²) >= 11 is 0. The monoisotopic (exact) mass is 239 g/mol.